The van der Waals surface area contributed by atoms with Crippen LogP contribution in [0.25, 0.3) is 0 Å². The number of aromatic hydroxyl groups is 1. The largest absolute Gasteiger partial charge is 0.494 e. The topological polar surface area (TPSA) is 88.0 Å². The molecule has 0 aliphatic heterocycles. The van der Waals surface area contributed by atoms with Gasteiger partial charge in [-0.25, -0.2) is 4.79 Å². The van der Waals surface area contributed by atoms with Crippen LogP contribution in [0.15, 0.2) is 34.1 Å². The van der Waals surface area contributed by atoms with E-state index >= 15 is 0 Å². The number of nitrogens with zero attached hydrogens (tertiary/aromatic N) is 2. The van der Waals surface area contributed by atoms with E-state index in [0.29, 0.717) is 19.4 Å². The monoisotopic (exact) mass is 261 g/mol. The second-order valence-electron chi connectivity index (χ2n) is 4.18. The molecule has 0 unspecified atom stereocenters. The van der Waals surface area contributed by atoms with Crippen molar-refractivity contribution in [3.63, 3.8) is 0 Å². The third-order valence-electron chi connectivity index (χ3n) is 2.97. The van der Waals surface area contributed by atoms with Crippen LogP contribution < -0.4 is 11.2 Å². The Kier molecular flexibility index (Phi) is 3.79. The van der Waals surface area contributed by atoms with Gasteiger partial charge in [-0.05, 0) is 24.5 Å². The Balaban J connectivity index is 2.31. The highest BCUT2D eigenvalue weighted by Crippen LogP contribution is 2.11. The van der Waals surface area contributed by atoms with Crippen LogP contribution in [0.5, 0.6) is 5.88 Å². The van der Waals surface area contributed by atoms with Crippen molar-refractivity contribution in [2.75, 3.05) is 0 Å². The second kappa shape index (κ2) is 5.51. The van der Waals surface area contributed by atoms with Gasteiger partial charge in [0.05, 0.1) is 5.56 Å². The van der Waals surface area contributed by atoms with Crippen molar-refractivity contribution in [1.29, 1.82) is 0 Å². The molecule has 6 nitrogen and oxygen atoms in total. The van der Waals surface area contributed by atoms with Crippen LogP contribution >= 0.6 is 0 Å². The van der Waals surface area contributed by atoms with Crippen LogP contribution in [0.3, 0.4) is 0 Å². The summed E-state index contributed by atoms with van der Waals surface area (Å²) >= 11 is 0. The molecule has 0 aliphatic carbocycles. The molecular formula is C13H15N3O3. The van der Waals surface area contributed by atoms with Crippen LogP contribution in [0, 0.1) is 0 Å². The molecular weight excluding hydrogens is 246 g/mol. The number of aryl methyl sites for hydroxylation is 1. The Bertz CT molecular complexity index is 674. The van der Waals surface area contributed by atoms with Crippen molar-refractivity contribution in [3.8, 4) is 5.88 Å². The molecule has 0 radical (unpaired) electrons. The van der Waals surface area contributed by atoms with Crippen LogP contribution in [0.4, 0.5) is 0 Å². The zero-order chi connectivity index (χ0) is 13.8. The molecule has 19 heavy (non-hydrogen) atoms. The maximum absolute atomic E-state index is 11.7. The average molecular weight is 261 g/mol. The zero-order valence-corrected chi connectivity index (χ0v) is 10.6. The van der Waals surface area contributed by atoms with Crippen molar-refractivity contribution in [3.05, 3.63) is 56.5 Å². The molecule has 2 aromatic heterocycles. The number of pyridine rings is 1. The van der Waals surface area contributed by atoms with Crippen LogP contribution in [0.1, 0.15) is 18.1 Å². The molecule has 2 N–H and O–H groups in total. The number of nitrogens with one attached hydrogen (secondary N) is 1. The summed E-state index contributed by atoms with van der Waals surface area (Å²) in [7, 11) is 0. The van der Waals surface area contributed by atoms with Crippen molar-refractivity contribution in [2.45, 2.75) is 26.3 Å². The van der Waals surface area contributed by atoms with E-state index in [0.717, 1.165) is 5.56 Å². The first-order chi connectivity index (χ1) is 9.13. The van der Waals surface area contributed by atoms with Gasteiger partial charge in [0.2, 0.25) is 5.88 Å². The van der Waals surface area contributed by atoms with Crippen LogP contribution in [0.2, 0.25) is 0 Å². The molecule has 2 aromatic rings. The molecule has 0 aliphatic rings. The van der Waals surface area contributed by atoms with E-state index in [1.807, 2.05) is 12.1 Å². The van der Waals surface area contributed by atoms with E-state index in [1.54, 1.807) is 19.3 Å². The molecule has 0 aromatic carbocycles. The van der Waals surface area contributed by atoms with E-state index < -0.39 is 11.2 Å². The Morgan fingerprint density at radius 3 is 2.84 bits per heavy atom. The van der Waals surface area contributed by atoms with Gasteiger partial charge in [0.25, 0.3) is 5.56 Å². The fraction of sp³-hybridized carbons (Fsp3) is 0.308. The smallest absolute Gasteiger partial charge is 0.331 e. The van der Waals surface area contributed by atoms with E-state index in [-0.39, 0.29) is 11.4 Å². The molecule has 0 atom stereocenters. The van der Waals surface area contributed by atoms with Crippen molar-refractivity contribution in [1.82, 2.24) is 14.5 Å². The summed E-state index contributed by atoms with van der Waals surface area (Å²) in [5, 5.41) is 9.96. The summed E-state index contributed by atoms with van der Waals surface area (Å²) in [5.74, 6) is -0.250. The van der Waals surface area contributed by atoms with E-state index in [9.17, 15) is 14.7 Å². The lowest BCUT2D eigenvalue weighted by Gasteiger charge is -2.10. The van der Waals surface area contributed by atoms with Gasteiger partial charge in [0.1, 0.15) is 0 Å². The molecule has 0 saturated carbocycles. The van der Waals surface area contributed by atoms with Crippen molar-refractivity contribution in [2.24, 2.45) is 0 Å². The first-order valence-corrected chi connectivity index (χ1v) is 6.07. The predicted octanol–water partition coefficient (Wildman–Crippen LogP) is 0.442. The van der Waals surface area contributed by atoms with Crippen LogP contribution in [-0.4, -0.2) is 19.6 Å². The normalized spacial score (nSPS) is 10.6. The van der Waals surface area contributed by atoms with Crippen molar-refractivity contribution < 1.29 is 5.11 Å². The third-order valence-corrected chi connectivity index (χ3v) is 2.97. The van der Waals surface area contributed by atoms with Crippen molar-refractivity contribution >= 4 is 0 Å². The molecule has 2 heterocycles. The predicted molar refractivity (Wildman–Crippen MR) is 70.3 cm³/mol. The maximum atomic E-state index is 11.7. The van der Waals surface area contributed by atoms with E-state index in [1.165, 1.54) is 4.57 Å². The van der Waals surface area contributed by atoms with Gasteiger partial charge in [-0.3, -0.25) is 19.3 Å². The Morgan fingerprint density at radius 2 is 2.21 bits per heavy atom. The molecule has 0 fully saturated rings. The molecule has 0 spiro atoms. The highest BCUT2D eigenvalue weighted by Gasteiger charge is 2.12. The number of H-pyrrole nitrogens is 1. The maximum Gasteiger partial charge on any atom is 0.331 e. The first kappa shape index (κ1) is 13.1. The van der Waals surface area contributed by atoms with E-state index in [4.69, 9.17) is 0 Å². The Labute approximate surface area is 109 Å². The quantitative estimate of drug-likeness (QED) is 0.836. The molecule has 2 rings (SSSR count). The van der Waals surface area contributed by atoms with Gasteiger partial charge in [0.15, 0.2) is 0 Å². The number of aromatic nitrogens is 3. The van der Waals surface area contributed by atoms with Gasteiger partial charge in [0, 0.05) is 18.9 Å². The lowest BCUT2D eigenvalue weighted by atomic mass is 10.2. The number of hydrogen-bond donors (Lipinski definition) is 2. The Morgan fingerprint density at radius 1 is 1.42 bits per heavy atom. The van der Waals surface area contributed by atoms with Gasteiger partial charge >= 0.3 is 5.69 Å². The SMILES string of the molecule is CCc1c(O)n(CCc2cccnc2)c(=O)[nH]c1=O. The second-order valence-corrected chi connectivity index (χ2v) is 4.18. The summed E-state index contributed by atoms with van der Waals surface area (Å²) < 4.78 is 1.17. The zero-order valence-electron chi connectivity index (χ0n) is 10.6. The summed E-state index contributed by atoms with van der Waals surface area (Å²) in [5.41, 5.74) is 0.0649. The van der Waals surface area contributed by atoms with E-state index in [2.05, 4.69) is 9.97 Å². The minimum Gasteiger partial charge on any atom is -0.494 e. The third kappa shape index (κ3) is 2.73. The van der Waals surface area contributed by atoms with Gasteiger partial charge in [-0.2, -0.15) is 0 Å². The summed E-state index contributed by atoms with van der Waals surface area (Å²) in [6.45, 7) is 2.04. The fourth-order valence-electron chi connectivity index (χ4n) is 1.91. The van der Waals surface area contributed by atoms with Gasteiger partial charge in [-0.1, -0.05) is 13.0 Å². The minimum atomic E-state index is -0.594. The molecule has 6 heteroatoms. The summed E-state index contributed by atoms with van der Waals surface area (Å²) in [4.78, 5) is 29.4. The Hall–Kier alpha value is -2.37. The highest BCUT2D eigenvalue weighted by atomic mass is 16.3. The number of hydrogen-bond acceptors (Lipinski definition) is 4. The standard InChI is InChI=1S/C13H15N3O3/c1-2-10-11(17)15-13(19)16(12(10)18)7-5-9-4-3-6-14-8-9/h3-4,6,8,18H,2,5,7H2,1H3,(H,15,17,19). The summed E-state index contributed by atoms with van der Waals surface area (Å²) in [6.07, 6.45) is 4.29. The molecule has 100 valence electrons. The number of aromatic amines is 1. The minimum absolute atomic E-state index is 0.228. The number of rotatable bonds is 4. The fourth-order valence-corrected chi connectivity index (χ4v) is 1.91. The van der Waals surface area contributed by atoms with Crippen LogP contribution in [-0.2, 0) is 19.4 Å². The average Bonchev–Trinajstić information content (AvgIpc) is 2.39. The summed E-state index contributed by atoms with van der Waals surface area (Å²) in [6, 6.07) is 3.70. The highest BCUT2D eigenvalue weighted by molar-refractivity contribution is 5.22. The molecule has 0 saturated heterocycles. The lowest BCUT2D eigenvalue weighted by Crippen LogP contribution is -2.32. The molecule has 0 bridgehead atoms. The van der Waals surface area contributed by atoms with Gasteiger partial charge in [-0.15, -0.1) is 0 Å². The van der Waals surface area contributed by atoms with Gasteiger partial charge < -0.3 is 5.11 Å². The lowest BCUT2D eigenvalue weighted by molar-refractivity contribution is 0.393. The first-order valence-electron chi connectivity index (χ1n) is 6.07. The molecule has 0 amide bonds.